The van der Waals surface area contributed by atoms with E-state index in [0.29, 0.717) is 39.8 Å². The maximum absolute atomic E-state index is 9.07. The summed E-state index contributed by atoms with van der Waals surface area (Å²) in [5, 5.41) is 4.31. The Kier molecular flexibility index (Phi) is 8.84. The molecule has 0 saturated heterocycles. The molecule has 1 aliphatic heterocycles. The Labute approximate surface area is 450 Å². The van der Waals surface area contributed by atoms with Crippen LogP contribution < -0.4 is 14.5 Å². The number of anilines is 4. The van der Waals surface area contributed by atoms with Crippen LogP contribution in [0.5, 0.6) is 11.5 Å². The molecule has 7 heteroatoms. The smallest absolute Gasteiger partial charge is 0.135 e. The van der Waals surface area contributed by atoms with Crippen molar-refractivity contribution < 1.29 is 38.1 Å². The van der Waals surface area contributed by atoms with Crippen LogP contribution in [-0.4, -0.2) is 14.1 Å². The van der Waals surface area contributed by atoms with Gasteiger partial charge in [-0.15, -0.1) is 48.1 Å². The monoisotopic (exact) mass is 1120 g/mol. The summed E-state index contributed by atoms with van der Waals surface area (Å²) in [6.07, 6.45) is 1.78. The quantitative estimate of drug-likeness (QED) is 0.135. The third-order valence-corrected chi connectivity index (χ3v) is 13.3. The van der Waals surface area contributed by atoms with Gasteiger partial charge in [0.1, 0.15) is 5.82 Å². The van der Waals surface area contributed by atoms with E-state index in [1.54, 1.807) is 31.1 Å². The van der Waals surface area contributed by atoms with Gasteiger partial charge in [0.25, 0.3) is 0 Å². The molecule has 0 unspecified atom stereocenters. The Hall–Kier alpha value is -8.96. The molecular formula is C66H42N5OPt-3. The molecule has 0 bridgehead atoms. The van der Waals surface area contributed by atoms with E-state index in [-0.39, 0.29) is 49.8 Å². The number of benzene rings is 10. The first-order chi connectivity index (χ1) is 39.4. The van der Waals surface area contributed by atoms with E-state index < -0.39 is 42.3 Å². The molecule has 13 aromatic rings. The zero-order valence-corrected chi connectivity index (χ0v) is 40.8. The molecule has 73 heavy (non-hydrogen) atoms. The van der Waals surface area contributed by atoms with Crippen molar-refractivity contribution in [3.8, 4) is 56.4 Å². The number of hydrogen-bond acceptors (Lipinski definition) is 4. The molecule has 0 radical (unpaired) electrons. The van der Waals surface area contributed by atoms with Crippen LogP contribution in [0.1, 0.15) is 12.3 Å². The Morgan fingerprint density at radius 1 is 0.466 bits per heavy atom. The first-order valence-electron chi connectivity index (χ1n) is 28.0. The number of fused-ring (bicyclic) bond motifs is 7. The molecule has 14 rings (SSSR count). The van der Waals surface area contributed by atoms with Crippen LogP contribution >= 0.6 is 0 Å². The Balaban J connectivity index is 0.00000631. The molecule has 1 aliphatic rings. The normalized spacial score (nSPS) is 13.9. The van der Waals surface area contributed by atoms with Crippen LogP contribution in [0.4, 0.5) is 22.7 Å². The number of aromatic nitrogens is 3. The van der Waals surface area contributed by atoms with Crippen molar-refractivity contribution in [1.29, 1.82) is 0 Å². The first kappa shape index (κ1) is 35.2. The van der Waals surface area contributed by atoms with E-state index >= 15 is 0 Å². The van der Waals surface area contributed by atoms with Crippen molar-refractivity contribution in [3.05, 3.63) is 267 Å². The number of para-hydroxylation sites is 6. The minimum Gasteiger partial charge on any atom is -0.509 e. The maximum Gasteiger partial charge on any atom is 0.135 e. The van der Waals surface area contributed by atoms with Crippen LogP contribution in [0.25, 0.3) is 88.5 Å². The standard InChI is InChI=1S/C66H42N5O.Pt/c1-4-19-45(20-5-1)52-28-17-29-53(46-21-6-2-7-22-46)65(52)69-44-68(61-33-12-13-34-62(61)69)49-25-16-26-50(42-49)72-51-37-38-56-58-41-47(36-39-60(58)71(63(56)43-51)64-35-14-15-40-67-64)54-30-18-31-57-55-27-10-11-32-59(55)70(66(54)57)48-23-8-3-9-24-48;/h1-41,44H;/q-3;/i1D,2D,4D,5D,6D,7D,19D,20D,21D;. The van der Waals surface area contributed by atoms with Crippen molar-refractivity contribution >= 4 is 66.4 Å². The summed E-state index contributed by atoms with van der Waals surface area (Å²) >= 11 is 0. The maximum atomic E-state index is 9.07. The van der Waals surface area contributed by atoms with Crippen LogP contribution in [0.15, 0.2) is 249 Å². The minimum absolute atomic E-state index is 0. The van der Waals surface area contributed by atoms with Gasteiger partial charge >= 0.3 is 0 Å². The summed E-state index contributed by atoms with van der Waals surface area (Å²) in [5.41, 5.74) is 10.1. The topological polar surface area (TPSA) is 38.5 Å². The number of ether oxygens (including phenoxy) is 1. The van der Waals surface area contributed by atoms with Gasteiger partial charge in [-0.1, -0.05) is 169 Å². The van der Waals surface area contributed by atoms with Crippen LogP contribution in [0, 0.1) is 18.8 Å². The predicted molar refractivity (Wildman–Crippen MR) is 295 cm³/mol. The summed E-state index contributed by atoms with van der Waals surface area (Å²) in [5.74, 6) is 1.54. The van der Waals surface area contributed by atoms with E-state index in [1.165, 1.54) is 16.8 Å². The Bertz CT molecular complexity index is 4720. The average Bonchev–Trinajstić information content (AvgIpc) is 4.31. The van der Waals surface area contributed by atoms with E-state index in [1.807, 2.05) is 82.6 Å². The molecular weight excluding hydrogens is 1070 g/mol. The molecule has 0 N–H and O–H groups in total. The molecule has 3 aromatic heterocycles. The van der Waals surface area contributed by atoms with Crippen molar-refractivity contribution in [3.63, 3.8) is 0 Å². The van der Waals surface area contributed by atoms with Crippen LogP contribution in [0.2, 0.25) is 0 Å². The van der Waals surface area contributed by atoms with Gasteiger partial charge < -0.3 is 23.7 Å². The molecule has 6 nitrogen and oxygen atoms in total. The van der Waals surface area contributed by atoms with E-state index in [9.17, 15) is 0 Å². The minimum atomic E-state index is -0.540. The SMILES string of the molecule is [2H]c1cc(-c2cccc(-c3c([2H])c([2H])c([2H])c([2H])c3[2H])c2N2[CH-]N(c3[c-]c(Oc4[c-]c5c(cc4)c4cc(-c6cccc7c8ccccc8n(-c8ccccc8)c67)ccc4n5-c4ccccn4)ccc3)c3ccccc32)c([2H])c([2H])c1[2H].[Pt]. The van der Waals surface area contributed by atoms with Crippen molar-refractivity contribution in [2.75, 3.05) is 9.80 Å². The third-order valence-electron chi connectivity index (χ3n) is 13.3. The summed E-state index contributed by atoms with van der Waals surface area (Å²) in [4.78, 5) is 8.52. The van der Waals surface area contributed by atoms with Gasteiger partial charge in [-0.25, -0.2) is 4.98 Å². The van der Waals surface area contributed by atoms with Gasteiger partial charge in [0.15, 0.2) is 0 Å². The summed E-state index contributed by atoms with van der Waals surface area (Å²) < 4.78 is 89.5. The molecule has 0 aliphatic carbocycles. The zero-order chi connectivity index (χ0) is 55.4. The fourth-order valence-electron chi connectivity index (χ4n) is 10.2. The molecule has 0 amide bonds. The van der Waals surface area contributed by atoms with Crippen molar-refractivity contribution in [2.24, 2.45) is 0 Å². The van der Waals surface area contributed by atoms with Gasteiger partial charge in [-0.3, -0.25) is 0 Å². The second-order valence-electron chi connectivity index (χ2n) is 17.4. The number of pyridine rings is 1. The molecule has 350 valence electrons. The first-order valence-corrected chi connectivity index (χ1v) is 23.5. The van der Waals surface area contributed by atoms with Gasteiger partial charge in [0.05, 0.1) is 23.4 Å². The van der Waals surface area contributed by atoms with Gasteiger partial charge in [-0.05, 0) is 70.6 Å². The average molecular weight is 1130 g/mol. The van der Waals surface area contributed by atoms with Crippen molar-refractivity contribution in [1.82, 2.24) is 14.1 Å². The van der Waals surface area contributed by atoms with Gasteiger partial charge in [-0.2, -0.15) is 12.1 Å². The van der Waals surface area contributed by atoms with Crippen LogP contribution in [0.3, 0.4) is 0 Å². The number of rotatable bonds is 9. The zero-order valence-electron chi connectivity index (χ0n) is 47.5. The van der Waals surface area contributed by atoms with E-state index in [4.69, 9.17) is 22.1 Å². The predicted octanol–water partition coefficient (Wildman–Crippen LogP) is 17.1. The molecule has 4 heterocycles. The van der Waals surface area contributed by atoms with Crippen LogP contribution in [-0.2, 0) is 21.1 Å². The van der Waals surface area contributed by atoms with Gasteiger partial charge in [0.2, 0.25) is 0 Å². The Morgan fingerprint density at radius 2 is 1.15 bits per heavy atom. The third kappa shape index (κ3) is 7.49. The van der Waals surface area contributed by atoms with E-state index in [0.717, 1.165) is 55.5 Å². The van der Waals surface area contributed by atoms with Crippen molar-refractivity contribution in [2.45, 2.75) is 0 Å². The molecule has 10 aromatic carbocycles. The number of hydrogen-bond donors (Lipinski definition) is 0. The second kappa shape index (κ2) is 18.3. The Morgan fingerprint density at radius 3 is 2.00 bits per heavy atom. The molecule has 0 spiro atoms. The summed E-state index contributed by atoms with van der Waals surface area (Å²) in [6, 6.07) is 64.6. The molecule has 0 atom stereocenters. The van der Waals surface area contributed by atoms with E-state index in [2.05, 4.69) is 112 Å². The summed E-state index contributed by atoms with van der Waals surface area (Å²) in [7, 11) is 0. The largest absolute Gasteiger partial charge is 0.509 e. The number of nitrogens with zero attached hydrogens (tertiary/aromatic N) is 5. The fraction of sp³-hybridized carbons (Fsp3) is 0. The fourth-order valence-corrected chi connectivity index (χ4v) is 10.2. The molecule has 0 saturated carbocycles. The second-order valence-corrected chi connectivity index (χ2v) is 17.4. The van der Waals surface area contributed by atoms with Gasteiger partial charge in [0, 0.05) is 94.5 Å². The summed E-state index contributed by atoms with van der Waals surface area (Å²) in [6.45, 7) is 1.79. The molecule has 0 fully saturated rings.